The molecule has 0 bridgehead atoms. The molecular weight excluding hydrogens is 244 g/mol. The quantitative estimate of drug-likeness (QED) is 0.633. The van der Waals surface area contributed by atoms with Crippen LogP contribution in [0.15, 0.2) is 30.3 Å². The van der Waals surface area contributed by atoms with Crippen LogP contribution in [0.25, 0.3) is 0 Å². The number of Topliss-reactive ketones (excluding diaryl/α,β-unsaturated/α-hetero) is 1. The lowest BCUT2D eigenvalue weighted by Crippen LogP contribution is -2.33. The zero-order chi connectivity index (χ0) is 12.7. The Kier molecular flexibility index (Phi) is 2.63. The van der Waals surface area contributed by atoms with Crippen molar-refractivity contribution in [2.24, 2.45) is 0 Å². The highest BCUT2D eigenvalue weighted by atomic mass is 32.2. The van der Waals surface area contributed by atoms with Crippen LogP contribution in [0.3, 0.4) is 0 Å². The average molecular weight is 254 g/mol. The van der Waals surface area contributed by atoms with Gasteiger partial charge < -0.3 is 0 Å². The summed E-state index contributed by atoms with van der Waals surface area (Å²) in [6, 6.07) is 8.51. The molecule has 1 aliphatic carbocycles. The molecule has 90 valence electrons. The van der Waals surface area contributed by atoms with Crippen LogP contribution < -0.4 is 0 Å². The Labute approximate surface area is 98.2 Å². The normalized spacial score (nSPS) is 17.5. The Bertz CT molecular complexity index is 569. The monoisotopic (exact) mass is 254 g/mol. The molecule has 1 aromatic carbocycles. The Hall–Kier alpha value is -1.53. The molecule has 0 radical (unpaired) electrons. The standard InChI is InChI=1S/C11H10O5S/c12-9(10(13)17(14,15)16)11(6-7-11)8-4-2-1-3-5-8/h1-5H,6-7H2,(H,14,15,16). The summed E-state index contributed by atoms with van der Waals surface area (Å²) in [7, 11) is -4.94. The zero-order valence-corrected chi connectivity index (χ0v) is 9.61. The summed E-state index contributed by atoms with van der Waals surface area (Å²) in [4.78, 5) is 23.0. The van der Waals surface area contributed by atoms with Gasteiger partial charge in [0.2, 0.25) is 5.78 Å². The lowest BCUT2D eigenvalue weighted by Gasteiger charge is -2.11. The highest BCUT2D eigenvalue weighted by molar-refractivity contribution is 8.03. The molecular formula is C11H10O5S. The van der Waals surface area contributed by atoms with Gasteiger partial charge in [-0.2, -0.15) is 8.42 Å². The second kappa shape index (κ2) is 3.75. The molecule has 0 atom stereocenters. The van der Waals surface area contributed by atoms with Gasteiger partial charge in [-0.15, -0.1) is 0 Å². The molecule has 1 saturated carbocycles. The molecule has 17 heavy (non-hydrogen) atoms. The van der Waals surface area contributed by atoms with E-state index < -0.39 is 26.4 Å². The second-order valence-electron chi connectivity index (χ2n) is 4.04. The molecule has 0 aromatic heterocycles. The molecule has 0 heterocycles. The van der Waals surface area contributed by atoms with Gasteiger partial charge in [0.05, 0.1) is 5.41 Å². The van der Waals surface area contributed by atoms with Crippen LogP contribution in [0.4, 0.5) is 0 Å². The summed E-state index contributed by atoms with van der Waals surface area (Å²) < 4.78 is 29.9. The number of rotatable bonds is 3. The Morgan fingerprint density at radius 2 is 1.65 bits per heavy atom. The topological polar surface area (TPSA) is 88.5 Å². The van der Waals surface area contributed by atoms with Crippen LogP contribution in [-0.2, 0) is 25.1 Å². The van der Waals surface area contributed by atoms with E-state index in [9.17, 15) is 18.0 Å². The van der Waals surface area contributed by atoms with Gasteiger partial charge in [-0.05, 0) is 18.4 Å². The van der Waals surface area contributed by atoms with Gasteiger partial charge in [0.15, 0.2) is 0 Å². The first-order chi connectivity index (χ1) is 7.88. The first-order valence-electron chi connectivity index (χ1n) is 5.00. The maximum absolute atomic E-state index is 11.8. The molecule has 0 unspecified atom stereocenters. The van der Waals surface area contributed by atoms with E-state index in [4.69, 9.17) is 4.55 Å². The number of hydrogen-bond acceptors (Lipinski definition) is 4. The predicted octanol–water partition coefficient (Wildman–Crippen LogP) is 0.702. The van der Waals surface area contributed by atoms with E-state index in [1.165, 1.54) is 0 Å². The molecule has 0 spiro atoms. The summed E-state index contributed by atoms with van der Waals surface area (Å²) in [5.74, 6) is -1.05. The van der Waals surface area contributed by atoms with Crippen molar-refractivity contribution in [3.05, 3.63) is 35.9 Å². The van der Waals surface area contributed by atoms with Crippen LogP contribution >= 0.6 is 0 Å². The van der Waals surface area contributed by atoms with Crippen LogP contribution in [0.5, 0.6) is 0 Å². The van der Waals surface area contributed by atoms with Gasteiger partial charge in [-0.3, -0.25) is 14.1 Å². The molecule has 0 aliphatic heterocycles. The fraction of sp³-hybridized carbons (Fsp3) is 0.273. The lowest BCUT2D eigenvalue weighted by atomic mass is 9.92. The zero-order valence-electron chi connectivity index (χ0n) is 8.79. The minimum Gasteiger partial charge on any atom is -0.289 e. The fourth-order valence-electron chi connectivity index (χ4n) is 1.84. The lowest BCUT2D eigenvalue weighted by molar-refractivity contribution is -0.133. The fourth-order valence-corrected chi connectivity index (χ4v) is 2.27. The summed E-state index contributed by atoms with van der Waals surface area (Å²) in [5.41, 5.74) is -0.435. The van der Waals surface area contributed by atoms with Gasteiger partial charge in [0.25, 0.3) is 0 Å². The van der Waals surface area contributed by atoms with E-state index in [-0.39, 0.29) is 0 Å². The molecule has 0 saturated heterocycles. The van der Waals surface area contributed by atoms with Crippen LogP contribution in [0.1, 0.15) is 18.4 Å². The minimum atomic E-state index is -4.94. The molecule has 1 aliphatic rings. The number of carbonyl (C=O) groups is 2. The van der Waals surface area contributed by atoms with Crippen molar-refractivity contribution in [1.29, 1.82) is 0 Å². The van der Waals surface area contributed by atoms with E-state index >= 15 is 0 Å². The van der Waals surface area contributed by atoms with Crippen molar-refractivity contribution in [3.63, 3.8) is 0 Å². The van der Waals surface area contributed by atoms with Crippen molar-refractivity contribution in [1.82, 2.24) is 0 Å². The van der Waals surface area contributed by atoms with Gasteiger partial charge in [0, 0.05) is 0 Å². The van der Waals surface area contributed by atoms with Crippen molar-refractivity contribution in [3.8, 4) is 0 Å². The Morgan fingerprint density at radius 1 is 1.12 bits per heavy atom. The van der Waals surface area contributed by atoms with E-state index in [2.05, 4.69) is 0 Å². The third-order valence-electron chi connectivity index (χ3n) is 2.93. The van der Waals surface area contributed by atoms with Crippen molar-refractivity contribution in [2.45, 2.75) is 18.3 Å². The molecule has 0 amide bonds. The molecule has 2 rings (SSSR count). The van der Waals surface area contributed by atoms with E-state index in [0.29, 0.717) is 18.4 Å². The average Bonchev–Trinajstić information content (AvgIpc) is 3.08. The summed E-state index contributed by atoms with van der Waals surface area (Å²) in [6.07, 6.45) is 0.855. The molecule has 1 N–H and O–H groups in total. The van der Waals surface area contributed by atoms with Gasteiger partial charge >= 0.3 is 15.2 Å². The number of hydrogen-bond donors (Lipinski definition) is 1. The van der Waals surface area contributed by atoms with Crippen LogP contribution in [-0.4, -0.2) is 23.9 Å². The van der Waals surface area contributed by atoms with Crippen LogP contribution in [0.2, 0.25) is 0 Å². The number of ketones is 1. The van der Waals surface area contributed by atoms with E-state index in [0.717, 1.165) is 0 Å². The first-order valence-corrected chi connectivity index (χ1v) is 6.44. The summed E-state index contributed by atoms with van der Waals surface area (Å²) >= 11 is 0. The number of carbonyl (C=O) groups excluding carboxylic acids is 2. The predicted molar refractivity (Wildman–Crippen MR) is 58.9 cm³/mol. The minimum absolute atomic E-state index is 0.428. The SMILES string of the molecule is O=C(C(=O)S(=O)(=O)O)C1(c2ccccc2)CC1. The van der Waals surface area contributed by atoms with Crippen molar-refractivity contribution < 1.29 is 22.6 Å². The number of benzene rings is 1. The third-order valence-corrected chi connectivity index (χ3v) is 3.58. The largest absolute Gasteiger partial charge is 0.339 e. The highest BCUT2D eigenvalue weighted by Crippen LogP contribution is 2.49. The second-order valence-corrected chi connectivity index (χ2v) is 5.36. The maximum atomic E-state index is 11.8. The van der Waals surface area contributed by atoms with Gasteiger partial charge in [0.1, 0.15) is 0 Å². The Morgan fingerprint density at radius 3 is 2.06 bits per heavy atom. The van der Waals surface area contributed by atoms with Crippen molar-refractivity contribution >= 4 is 21.0 Å². The highest BCUT2D eigenvalue weighted by Gasteiger charge is 2.55. The van der Waals surface area contributed by atoms with E-state index in [1.54, 1.807) is 30.3 Å². The Balaban J connectivity index is 2.36. The molecule has 1 fully saturated rings. The van der Waals surface area contributed by atoms with Crippen molar-refractivity contribution in [2.75, 3.05) is 0 Å². The first kappa shape index (κ1) is 11.9. The molecule has 5 nitrogen and oxygen atoms in total. The molecule has 1 aromatic rings. The summed E-state index contributed by atoms with van der Waals surface area (Å²) in [5, 5.41) is -1.72. The third kappa shape index (κ3) is 2.01. The van der Waals surface area contributed by atoms with E-state index in [1.807, 2.05) is 0 Å². The van der Waals surface area contributed by atoms with Gasteiger partial charge in [-0.1, -0.05) is 30.3 Å². The van der Waals surface area contributed by atoms with Gasteiger partial charge in [-0.25, -0.2) is 0 Å². The summed E-state index contributed by atoms with van der Waals surface area (Å²) in [6.45, 7) is 0. The smallest absolute Gasteiger partial charge is 0.289 e. The molecule has 6 heteroatoms. The maximum Gasteiger partial charge on any atom is 0.339 e. The van der Waals surface area contributed by atoms with Crippen LogP contribution in [0, 0.1) is 0 Å².